The number of urea groups is 1. The van der Waals surface area contributed by atoms with E-state index < -0.39 is 12.1 Å². The third kappa shape index (κ3) is 6.42. The van der Waals surface area contributed by atoms with Crippen LogP contribution in [0.4, 0.5) is 4.79 Å². The van der Waals surface area contributed by atoms with E-state index in [1.807, 2.05) is 0 Å². The topological polar surface area (TPSA) is 87.7 Å². The van der Waals surface area contributed by atoms with Crippen molar-refractivity contribution in [3.63, 3.8) is 0 Å². The summed E-state index contributed by atoms with van der Waals surface area (Å²) in [5, 5.41) is 14.3. The Hall–Kier alpha value is -1.30. The van der Waals surface area contributed by atoms with Crippen LogP contribution < -0.4 is 10.6 Å². The van der Waals surface area contributed by atoms with Gasteiger partial charge in [-0.2, -0.15) is 0 Å². The molecule has 0 aromatic rings. The Kier molecular flexibility index (Phi) is 7.25. The van der Waals surface area contributed by atoms with Gasteiger partial charge in [0.1, 0.15) is 0 Å². The van der Waals surface area contributed by atoms with Crippen molar-refractivity contribution in [3.8, 4) is 0 Å². The van der Waals surface area contributed by atoms with Crippen LogP contribution in [0, 0.1) is 0 Å². The zero-order chi connectivity index (χ0) is 14.1. The number of rotatable bonds is 8. The monoisotopic (exact) mass is 272 g/mol. The summed E-state index contributed by atoms with van der Waals surface area (Å²) in [6.07, 6.45) is 4.76. The van der Waals surface area contributed by atoms with Crippen molar-refractivity contribution >= 4 is 12.0 Å². The average molecular weight is 272 g/mol. The second-order valence-electron chi connectivity index (χ2n) is 4.86. The number of carboxylic acids is 1. The highest BCUT2D eigenvalue weighted by atomic mass is 16.5. The van der Waals surface area contributed by atoms with Crippen molar-refractivity contribution in [2.45, 2.75) is 57.7 Å². The fraction of sp³-hybridized carbons (Fsp3) is 0.846. The van der Waals surface area contributed by atoms with E-state index in [9.17, 15) is 9.59 Å². The maximum Gasteiger partial charge on any atom is 0.332 e. The van der Waals surface area contributed by atoms with E-state index in [1.54, 1.807) is 0 Å². The number of carboxylic acid groups (broad SMARTS) is 1. The van der Waals surface area contributed by atoms with Crippen molar-refractivity contribution in [2.75, 3.05) is 13.1 Å². The lowest BCUT2D eigenvalue weighted by Gasteiger charge is -2.13. The van der Waals surface area contributed by atoms with E-state index in [1.165, 1.54) is 12.8 Å². The zero-order valence-corrected chi connectivity index (χ0v) is 11.5. The SMILES string of the molecule is CCCCCCNC(=O)NCC1CCC(C(=O)O)O1. The second-order valence-corrected chi connectivity index (χ2v) is 4.86. The van der Waals surface area contributed by atoms with Gasteiger partial charge in [0.25, 0.3) is 0 Å². The Labute approximate surface area is 113 Å². The lowest BCUT2D eigenvalue weighted by Crippen LogP contribution is -2.40. The first kappa shape index (κ1) is 15.8. The molecule has 6 heteroatoms. The predicted molar refractivity (Wildman–Crippen MR) is 71.1 cm³/mol. The van der Waals surface area contributed by atoms with Gasteiger partial charge in [-0.25, -0.2) is 9.59 Å². The molecule has 0 aromatic heterocycles. The molecule has 1 saturated heterocycles. The summed E-state index contributed by atoms with van der Waals surface area (Å²) in [7, 11) is 0. The highest BCUT2D eigenvalue weighted by Gasteiger charge is 2.30. The first-order chi connectivity index (χ1) is 9.13. The van der Waals surface area contributed by atoms with Gasteiger partial charge < -0.3 is 20.5 Å². The van der Waals surface area contributed by atoms with Crippen LogP contribution in [0.25, 0.3) is 0 Å². The first-order valence-corrected chi connectivity index (χ1v) is 7.03. The van der Waals surface area contributed by atoms with E-state index in [0.717, 1.165) is 12.8 Å². The number of hydrogen-bond acceptors (Lipinski definition) is 3. The highest BCUT2D eigenvalue weighted by Crippen LogP contribution is 2.19. The maximum absolute atomic E-state index is 11.5. The van der Waals surface area contributed by atoms with E-state index in [-0.39, 0.29) is 12.1 Å². The standard InChI is InChI=1S/C13H24N2O4/c1-2-3-4-5-8-14-13(18)15-9-10-6-7-11(19-10)12(16)17/h10-11H,2-9H2,1H3,(H,16,17)(H2,14,15,18). The minimum Gasteiger partial charge on any atom is -0.479 e. The fourth-order valence-electron chi connectivity index (χ4n) is 2.06. The van der Waals surface area contributed by atoms with Crippen LogP contribution in [-0.2, 0) is 9.53 Å². The van der Waals surface area contributed by atoms with Gasteiger partial charge in [-0.1, -0.05) is 26.2 Å². The number of aliphatic carboxylic acids is 1. The molecule has 110 valence electrons. The summed E-state index contributed by atoms with van der Waals surface area (Å²) in [4.78, 5) is 22.1. The number of amides is 2. The Morgan fingerprint density at radius 1 is 1.21 bits per heavy atom. The summed E-state index contributed by atoms with van der Waals surface area (Å²) >= 11 is 0. The Morgan fingerprint density at radius 2 is 2.00 bits per heavy atom. The third-order valence-electron chi connectivity index (χ3n) is 3.19. The van der Waals surface area contributed by atoms with E-state index in [0.29, 0.717) is 25.9 Å². The largest absolute Gasteiger partial charge is 0.479 e. The molecule has 1 rings (SSSR count). The third-order valence-corrected chi connectivity index (χ3v) is 3.19. The summed E-state index contributed by atoms with van der Waals surface area (Å²) in [6.45, 7) is 3.19. The van der Waals surface area contributed by atoms with Gasteiger partial charge in [0, 0.05) is 13.1 Å². The van der Waals surface area contributed by atoms with Crippen molar-refractivity contribution in [1.82, 2.24) is 10.6 Å². The lowest BCUT2D eigenvalue weighted by atomic mass is 10.2. The first-order valence-electron chi connectivity index (χ1n) is 7.03. The van der Waals surface area contributed by atoms with Crippen LogP contribution in [0.1, 0.15) is 45.4 Å². The van der Waals surface area contributed by atoms with Gasteiger partial charge in [-0.05, 0) is 19.3 Å². The van der Waals surface area contributed by atoms with Gasteiger partial charge in [-0.15, -0.1) is 0 Å². The van der Waals surface area contributed by atoms with Gasteiger partial charge in [0.2, 0.25) is 0 Å². The van der Waals surface area contributed by atoms with Crippen molar-refractivity contribution in [3.05, 3.63) is 0 Å². The van der Waals surface area contributed by atoms with Crippen LogP contribution in [-0.4, -0.2) is 42.4 Å². The molecule has 2 unspecified atom stereocenters. The molecule has 1 aliphatic rings. The van der Waals surface area contributed by atoms with Crippen molar-refractivity contribution in [2.24, 2.45) is 0 Å². The number of carbonyl (C=O) groups excluding carboxylic acids is 1. The zero-order valence-electron chi connectivity index (χ0n) is 11.5. The molecule has 1 heterocycles. The quantitative estimate of drug-likeness (QED) is 0.584. The van der Waals surface area contributed by atoms with E-state index in [2.05, 4.69) is 17.6 Å². The van der Waals surface area contributed by atoms with Gasteiger partial charge >= 0.3 is 12.0 Å². The molecule has 6 nitrogen and oxygen atoms in total. The smallest absolute Gasteiger partial charge is 0.332 e. The minimum atomic E-state index is -0.928. The van der Waals surface area contributed by atoms with Crippen LogP contribution in [0.2, 0.25) is 0 Å². The van der Waals surface area contributed by atoms with Gasteiger partial charge in [0.15, 0.2) is 6.10 Å². The number of ether oxygens (including phenoxy) is 1. The van der Waals surface area contributed by atoms with Crippen LogP contribution >= 0.6 is 0 Å². The second kappa shape index (κ2) is 8.74. The molecular formula is C13H24N2O4. The maximum atomic E-state index is 11.5. The molecular weight excluding hydrogens is 248 g/mol. The molecule has 2 amide bonds. The predicted octanol–water partition coefficient (Wildman–Crippen LogP) is 1.50. The molecule has 0 aromatic carbocycles. The normalized spacial score (nSPS) is 22.2. The van der Waals surface area contributed by atoms with Gasteiger partial charge in [-0.3, -0.25) is 0 Å². The molecule has 0 aliphatic carbocycles. The fourth-order valence-corrected chi connectivity index (χ4v) is 2.06. The molecule has 1 aliphatic heterocycles. The van der Waals surface area contributed by atoms with Crippen LogP contribution in [0.3, 0.4) is 0 Å². The highest BCUT2D eigenvalue weighted by molar-refractivity contribution is 5.74. The molecule has 2 atom stereocenters. The number of hydrogen-bond donors (Lipinski definition) is 3. The number of carbonyl (C=O) groups is 2. The molecule has 0 spiro atoms. The summed E-state index contributed by atoms with van der Waals surface area (Å²) < 4.78 is 5.29. The lowest BCUT2D eigenvalue weighted by molar-refractivity contribution is -0.149. The summed E-state index contributed by atoms with van der Waals surface area (Å²) in [5.74, 6) is -0.928. The minimum absolute atomic E-state index is 0.188. The Bertz CT molecular complexity index is 296. The average Bonchev–Trinajstić information content (AvgIpc) is 2.85. The molecule has 0 saturated carbocycles. The van der Waals surface area contributed by atoms with Crippen LogP contribution in [0.15, 0.2) is 0 Å². The Morgan fingerprint density at radius 3 is 2.63 bits per heavy atom. The summed E-state index contributed by atoms with van der Waals surface area (Å²) in [5.41, 5.74) is 0. The summed E-state index contributed by atoms with van der Waals surface area (Å²) in [6, 6.07) is -0.209. The van der Waals surface area contributed by atoms with Crippen molar-refractivity contribution in [1.29, 1.82) is 0 Å². The number of unbranched alkanes of at least 4 members (excludes halogenated alkanes) is 3. The van der Waals surface area contributed by atoms with E-state index >= 15 is 0 Å². The van der Waals surface area contributed by atoms with Crippen molar-refractivity contribution < 1.29 is 19.4 Å². The van der Waals surface area contributed by atoms with Crippen LogP contribution in [0.5, 0.6) is 0 Å². The molecule has 0 radical (unpaired) electrons. The van der Waals surface area contributed by atoms with Gasteiger partial charge in [0.05, 0.1) is 6.10 Å². The van der Waals surface area contributed by atoms with E-state index in [4.69, 9.17) is 9.84 Å². The molecule has 1 fully saturated rings. The molecule has 0 bridgehead atoms. The molecule has 3 N–H and O–H groups in total. The Balaban J connectivity index is 2.03. The number of nitrogens with one attached hydrogen (secondary N) is 2. The molecule has 19 heavy (non-hydrogen) atoms.